The Hall–Kier alpha value is -1.16. The quantitative estimate of drug-likeness (QED) is 0.721. The van der Waals surface area contributed by atoms with Gasteiger partial charge in [0.1, 0.15) is 6.10 Å². The van der Waals surface area contributed by atoms with Gasteiger partial charge in [-0.1, -0.05) is 29.8 Å². The number of hydrogen-bond acceptors (Lipinski definition) is 3. The highest BCUT2D eigenvalue weighted by Crippen LogP contribution is 2.16. The summed E-state index contributed by atoms with van der Waals surface area (Å²) in [7, 11) is -2.35. The first kappa shape index (κ1) is 11.9. The maximum absolute atomic E-state index is 11.2. The van der Waals surface area contributed by atoms with E-state index in [4.69, 9.17) is 8.85 Å². The third-order valence-electron chi connectivity index (χ3n) is 2.08. The van der Waals surface area contributed by atoms with E-state index >= 15 is 0 Å². The first-order valence-corrected chi connectivity index (χ1v) is 6.26. The minimum atomic E-state index is -2.35. The minimum absolute atomic E-state index is 0.191. The molecule has 0 aliphatic heterocycles. The van der Waals surface area contributed by atoms with Gasteiger partial charge in [0.15, 0.2) is 0 Å². The second-order valence-corrected chi connectivity index (χ2v) is 4.38. The molecule has 82 valence electrons. The topological polar surface area (TPSA) is 35.5 Å². The lowest BCUT2D eigenvalue weighted by Gasteiger charge is -2.13. The van der Waals surface area contributed by atoms with Crippen LogP contribution in [0.1, 0.15) is 31.1 Å². The van der Waals surface area contributed by atoms with Gasteiger partial charge in [0.25, 0.3) is 0 Å². The van der Waals surface area contributed by atoms with Gasteiger partial charge < -0.3 is 8.85 Å². The van der Waals surface area contributed by atoms with Crippen LogP contribution in [-0.2, 0) is 13.3 Å². The molecule has 0 bridgehead atoms. The van der Waals surface area contributed by atoms with Gasteiger partial charge in [0.2, 0.25) is 0 Å². The molecule has 1 rings (SSSR count). The summed E-state index contributed by atoms with van der Waals surface area (Å²) in [6.07, 6.45) is -0.191. The molecule has 1 atom stereocenters. The minimum Gasteiger partial charge on any atom is -0.496 e. The molecule has 0 aromatic heterocycles. The van der Waals surface area contributed by atoms with Crippen LogP contribution in [0.3, 0.4) is 0 Å². The SMILES string of the molecule is CCO[Si](=O)OC(C)c1ccc(C)cc1. The molecule has 0 heterocycles. The first-order valence-electron chi connectivity index (χ1n) is 5.03. The molecule has 0 fully saturated rings. The van der Waals surface area contributed by atoms with Crippen LogP contribution >= 0.6 is 0 Å². The van der Waals surface area contributed by atoms with Crippen molar-refractivity contribution in [1.29, 1.82) is 0 Å². The molecule has 0 saturated carbocycles. The molecule has 0 radical (unpaired) electrons. The fourth-order valence-corrected chi connectivity index (χ4v) is 1.93. The van der Waals surface area contributed by atoms with Crippen LogP contribution in [0.15, 0.2) is 24.3 Å². The standard InChI is InChI=1S/C11H16O3Si/c1-4-13-15(12)14-10(3)11-7-5-9(2)6-8-11/h5-8,10H,4H2,1-3H3. The third-order valence-corrected chi connectivity index (χ3v) is 3.15. The van der Waals surface area contributed by atoms with E-state index in [2.05, 4.69) is 0 Å². The molecule has 1 aromatic rings. The summed E-state index contributed by atoms with van der Waals surface area (Å²) < 4.78 is 21.4. The van der Waals surface area contributed by atoms with Crippen LogP contribution in [0.4, 0.5) is 0 Å². The van der Waals surface area contributed by atoms with Gasteiger partial charge in [0, 0.05) is 0 Å². The van der Waals surface area contributed by atoms with Crippen molar-refractivity contribution in [2.24, 2.45) is 0 Å². The highest BCUT2D eigenvalue weighted by atomic mass is 28.3. The van der Waals surface area contributed by atoms with E-state index in [0.717, 1.165) is 5.56 Å². The van der Waals surface area contributed by atoms with Gasteiger partial charge in [-0.3, -0.25) is 4.46 Å². The Bertz CT molecular complexity index is 321. The van der Waals surface area contributed by atoms with Crippen LogP contribution in [0.2, 0.25) is 0 Å². The third kappa shape index (κ3) is 3.83. The van der Waals surface area contributed by atoms with Crippen molar-refractivity contribution in [2.75, 3.05) is 6.61 Å². The summed E-state index contributed by atoms with van der Waals surface area (Å²) in [5.74, 6) is 0. The Morgan fingerprint density at radius 2 is 1.93 bits per heavy atom. The van der Waals surface area contributed by atoms with Crippen molar-refractivity contribution in [2.45, 2.75) is 26.9 Å². The zero-order valence-corrected chi connectivity index (χ0v) is 10.3. The second-order valence-electron chi connectivity index (χ2n) is 3.35. The molecule has 3 nitrogen and oxygen atoms in total. The van der Waals surface area contributed by atoms with Gasteiger partial charge in [0.05, 0.1) is 6.61 Å². The van der Waals surface area contributed by atoms with Crippen LogP contribution in [0.5, 0.6) is 0 Å². The van der Waals surface area contributed by atoms with E-state index in [1.165, 1.54) is 5.56 Å². The molecule has 0 amide bonds. The summed E-state index contributed by atoms with van der Waals surface area (Å²) in [5, 5.41) is 0. The Morgan fingerprint density at radius 1 is 1.33 bits per heavy atom. The molecular formula is C11H16O3Si. The van der Waals surface area contributed by atoms with Gasteiger partial charge >= 0.3 is 9.17 Å². The van der Waals surface area contributed by atoms with E-state index in [9.17, 15) is 4.46 Å². The molecule has 0 spiro atoms. The van der Waals surface area contributed by atoms with Crippen LogP contribution in [0.25, 0.3) is 0 Å². The lowest BCUT2D eigenvalue weighted by Crippen LogP contribution is -2.14. The molecule has 15 heavy (non-hydrogen) atoms. The number of rotatable bonds is 5. The van der Waals surface area contributed by atoms with E-state index in [-0.39, 0.29) is 6.10 Å². The van der Waals surface area contributed by atoms with Crippen molar-refractivity contribution in [3.8, 4) is 0 Å². The fraction of sp³-hybridized carbons (Fsp3) is 0.455. The summed E-state index contributed by atoms with van der Waals surface area (Å²) in [4.78, 5) is 0. The van der Waals surface area contributed by atoms with E-state index < -0.39 is 9.17 Å². The fourth-order valence-electron chi connectivity index (χ4n) is 1.20. The Balaban J connectivity index is 2.57. The van der Waals surface area contributed by atoms with Gasteiger partial charge in [-0.15, -0.1) is 0 Å². The van der Waals surface area contributed by atoms with Gasteiger partial charge in [-0.25, -0.2) is 0 Å². The molecule has 1 aromatic carbocycles. The molecule has 1 unspecified atom stereocenters. The molecule has 0 aliphatic rings. The molecule has 0 saturated heterocycles. The van der Waals surface area contributed by atoms with Crippen molar-refractivity contribution >= 4 is 9.17 Å². The van der Waals surface area contributed by atoms with E-state index in [1.54, 1.807) is 6.92 Å². The van der Waals surface area contributed by atoms with Crippen molar-refractivity contribution in [1.82, 2.24) is 0 Å². The molecule has 0 N–H and O–H groups in total. The molecule has 0 aliphatic carbocycles. The average molecular weight is 224 g/mol. The van der Waals surface area contributed by atoms with Crippen molar-refractivity contribution < 1.29 is 13.3 Å². The second kappa shape index (κ2) is 5.65. The van der Waals surface area contributed by atoms with Crippen LogP contribution < -0.4 is 0 Å². The van der Waals surface area contributed by atoms with E-state index in [1.807, 2.05) is 38.1 Å². The summed E-state index contributed by atoms with van der Waals surface area (Å²) in [5.41, 5.74) is 2.21. The van der Waals surface area contributed by atoms with Crippen LogP contribution in [0, 0.1) is 6.92 Å². The number of benzene rings is 1. The average Bonchev–Trinajstić information content (AvgIpc) is 2.18. The maximum Gasteiger partial charge on any atom is 0.767 e. The molecular weight excluding hydrogens is 208 g/mol. The lowest BCUT2D eigenvalue weighted by molar-refractivity contribution is 0.130. The van der Waals surface area contributed by atoms with Gasteiger partial charge in [-0.05, 0) is 26.3 Å². The van der Waals surface area contributed by atoms with Crippen molar-refractivity contribution in [3.63, 3.8) is 0 Å². The smallest absolute Gasteiger partial charge is 0.496 e. The maximum atomic E-state index is 11.2. The molecule has 4 heteroatoms. The summed E-state index contributed by atoms with van der Waals surface area (Å²) in [6.45, 7) is 6.10. The summed E-state index contributed by atoms with van der Waals surface area (Å²) in [6, 6.07) is 7.96. The predicted octanol–water partition coefficient (Wildman–Crippen LogP) is 2.52. The van der Waals surface area contributed by atoms with Gasteiger partial charge in [-0.2, -0.15) is 0 Å². The highest BCUT2D eigenvalue weighted by Gasteiger charge is 2.15. The Morgan fingerprint density at radius 3 is 2.47 bits per heavy atom. The largest absolute Gasteiger partial charge is 0.767 e. The zero-order chi connectivity index (χ0) is 11.3. The first-order chi connectivity index (χ1) is 7.13. The Labute approximate surface area is 91.9 Å². The predicted molar refractivity (Wildman–Crippen MR) is 58.7 cm³/mol. The van der Waals surface area contributed by atoms with Crippen molar-refractivity contribution in [3.05, 3.63) is 35.4 Å². The highest BCUT2D eigenvalue weighted by molar-refractivity contribution is 6.26. The summed E-state index contributed by atoms with van der Waals surface area (Å²) >= 11 is 0. The monoisotopic (exact) mass is 224 g/mol. The Kier molecular flexibility index (Phi) is 4.49. The lowest BCUT2D eigenvalue weighted by atomic mass is 10.1. The van der Waals surface area contributed by atoms with Crippen LogP contribution in [-0.4, -0.2) is 15.8 Å². The number of hydrogen-bond donors (Lipinski definition) is 0. The number of aryl methyl sites for hydroxylation is 1. The zero-order valence-electron chi connectivity index (χ0n) is 9.32. The van der Waals surface area contributed by atoms with E-state index in [0.29, 0.717) is 6.61 Å². The normalized spacial score (nSPS) is 11.9.